The summed E-state index contributed by atoms with van der Waals surface area (Å²) in [7, 11) is 0. The second-order valence-corrected chi connectivity index (χ2v) is 12.8. The number of amides is 2. The maximum absolute atomic E-state index is 13.2. The highest BCUT2D eigenvalue weighted by Crippen LogP contribution is 2.53. The van der Waals surface area contributed by atoms with Gasteiger partial charge in [-0.1, -0.05) is 60.3 Å². The normalized spacial score (nSPS) is 24.4. The lowest BCUT2D eigenvalue weighted by molar-refractivity contribution is -0.123. The predicted molar refractivity (Wildman–Crippen MR) is 150 cm³/mol. The Hall–Kier alpha value is -3.55. The molecule has 1 aromatic heterocycles. The Morgan fingerprint density at radius 1 is 0.921 bits per heavy atom. The first-order chi connectivity index (χ1) is 18.5. The molecule has 1 saturated heterocycles. The van der Waals surface area contributed by atoms with Crippen molar-refractivity contribution in [2.45, 2.75) is 17.2 Å². The molecule has 8 rings (SSSR count). The second-order valence-electron chi connectivity index (χ2n) is 10.6. The van der Waals surface area contributed by atoms with Gasteiger partial charge in [0, 0.05) is 5.56 Å². The summed E-state index contributed by atoms with van der Waals surface area (Å²) in [6.45, 7) is 0. The predicted octanol–water partition coefficient (Wildman–Crippen LogP) is 6.15. The van der Waals surface area contributed by atoms with E-state index < -0.39 is 0 Å². The molecule has 1 saturated carbocycles. The van der Waals surface area contributed by atoms with Crippen LogP contribution in [0.25, 0.3) is 21.3 Å². The van der Waals surface area contributed by atoms with E-state index in [4.69, 9.17) is 4.98 Å². The van der Waals surface area contributed by atoms with E-state index in [1.165, 1.54) is 44.7 Å². The highest BCUT2D eigenvalue weighted by molar-refractivity contribution is 8.01. The SMILES string of the molecule is O=C(CSc1nc2ccc(N3C(=O)[C@@H]4[C@H](C3=O)[C@H]3C=C[C@H]4C3)cc2s1)c1ccc2c(c1)-c1ccccc1C2. The molecule has 2 amide bonds. The van der Waals surface area contributed by atoms with Crippen LogP contribution >= 0.6 is 23.1 Å². The zero-order valence-corrected chi connectivity index (χ0v) is 21.9. The fraction of sp³-hybridized carbons (Fsp3) is 0.226. The fourth-order valence-corrected chi connectivity index (χ4v) is 8.75. The van der Waals surface area contributed by atoms with Crippen LogP contribution in [-0.4, -0.2) is 28.3 Å². The van der Waals surface area contributed by atoms with Gasteiger partial charge in [-0.3, -0.25) is 14.4 Å². The van der Waals surface area contributed by atoms with Crippen molar-refractivity contribution in [1.29, 1.82) is 0 Å². The topological polar surface area (TPSA) is 67.3 Å². The monoisotopic (exact) mass is 534 g/mol. The Balaban J connectivity index is 1.00. The van der Waals surface area contributed by atoms with E-state index in [9.17, 15) is 14.4 Å². The maximum Gasteiger partial charge on any atom is 0.238 e. The number of nitrogens with zero attached hydrogens (tertiary/aromatic N) is 2. The lowest BCUT2D eigenvalue weighted by Crippen LogP contribution is -2.32. The Morgan fingerprint density at radius 2 is 1.68 bits per heavy atom. The number of aromatic nitrogens is 1. The number of benzene rings is 3. The first-order valence-electron chi connectivity index (χ1n) is 12.9. The molecule has 4 aromatic rings. The number of thioether (sulfide) groups is 1. The smallest absolute Gasteiger partial charge is 0.238 e. The van der Waals surface area contributed by atoms with Crippen LogP contribution in [0.2, 0.25) is 0 Å². The summed E-state index contributed by atoms with van der Waals surface area (Å²) in [6.07, 6.45) is 6.06. The largest absolute Gasteiger partial charge is 0.293 e. The van der Waals surface area contributed by atoms with E-state index >= 15 is 0 Å². The minimum atomic E-state index is -0.209. The van der Waals surface area contributed by atoms with Crippen LogP contribution in [0.3, 0.4) is 0 Å². The number of allylic oxidation sites excluding steroid dienone is 2. The molecule has 2 fully saturated rings. The van der Waals surface area contributed by atoms with Crippen LogP contribution in [0.5, 0.6) is 0 Å². The van der Waals surface area contributed by atoms with Crippen molar-refractivity contribution >= 4 is 56.6 Å². The van der Waals surface area contributed by atoms with Crippen molar-refractivity contribution in [2.75, 3.05) is 10.7 Å². The summed E-state index contributed by atoms with van der Waals surface area (Å²) < 4.78 is 1.71. The number of hydrogen-bond acceptors (Lipinski definition) is 6. The van der Waals surface area contributed by atoms with Crippen LogP contribution < -0.4 is 4.90 Å². The van der Waals surface area contributed by atoms with E-state index in [2.05, 4.69) is 36.4 Å². The zero-order chi connectivity index (χ0) is 25.5. The van der Waals surface area contributed by atoms with E-state index in [1.54, 1.807) is 0 Å². The quantitative estimate of drug-likeness (QED) is 0.117. The molecule has 7 heteroatoms. The number of anilines is 1. The highest BCUT2D eigenvalue weighted by Gasteiger charge is 2.59. The van der Waals surface area contributed by atoms with Crippen LogP contribution in [0.1, 0.15) is 27.9 Å². The molecule has 38 heavy (non-hydrogen) atoms. The van der Waals surface area contributed by atoms with Gasteiger partial charge in [-0.2, -0.15) is 0 Å². The third kappa shape index (κ3) is 3.25. The minimum absolute atomic E-state index is 0.0714. The minimum Gasteiger partial charge on any atom is -0.293 e. The molecule has 0 N–H and O–H groups in total. The van der Waals surface area contributed by atoms with Gasteiger partial charge in [0.1, 0.15) is 0 Å². The third-order valence-corrected chi connectivity index (χ3v) is 10.7. The average molecular weight is 535 g/mol. The van der Waals surface area contributed by atoms with Crippen molar-refractivity contribution in [2.24, 2.45) is 23.7 Å². The summed E-state index contributed by atoms with van der Waals surface area (Å²) >= 11 is 2.93. The molecular formula is C31H22N2O3S2. The number of thiazole rings is 1. The van der Waals surface area contributed by atoms with E-state index in [-0.39, 0.29) is 41.3 Å². The summed E-state index contributed by atoms with van der Waals surface area (Å²) in [6, 6.07) is 20.0. The first kappa shape index (κ1) is 22.4. The van der Waals surface area contributed by atoms with Gasteiger partial charge in [0.15, 0.2) is 10.1 Å². The van der Waals surface area contributed by atoms with Gasteiger partial charge >= 0.3 is 0 Å². The van der Waals surface area contributed by atoms with Gasteiger partial charge in [0.25, 0.3) is 0 Å². The molecule has 4 atom stereocenters. The van der Waals surface area contributed by atoms with Crippen LogP contribution in [0, 0.1) is 23.7 Å². The Labute approximate surface area is 227 Å². The number of imide groups is 1. The molecule has 3 aliphatic carbocycles. The van der Waals surface area contributed by atoms with Gasteiger partial charge in [-0.05, 0) is 71.2 Å². The lowest BCUT2D eigenvalue weighted by atomic mass is 9.85. The molecular weight excluding hydrogens is 512 g/mol. The zero-order valence-electron chi connectivity index (χ0n) is 20.3. The number of rotatable bonds is 5. The number of Topliss-reactive ketones (excluding diaryl/α,β-unsaturated/α-hetero) is 1. The van der Waals surface area contributed by atoms with E-state index in [0.717, 1.165) is 38.5 Å². The van der Waals surface area contributed by atoms with Gasteiger partial charge in [0.2, 0.25) is 11.8 Å². The van der Waals surface area contributed by atoms with Crippen LogP contribution in [-0.2, 0) is 16.0 Å². The molecule has 3 aromatic carbocycles. The Kier molecular flexibility index (Phi) is 4.85. The number of hydrogen-bond donors (Lipinski definition) is 0. The summed E-state index contributed by atoms with van der Waals surface area (Å²) in [5.41, 5.74) is 7.09. The fourth-order valence-electron chi connectivity index (χ4n) is 6.76. The molecule has 5 nitrogen and oxygen atoms in total. The molecule has 0 unspecified atom stereocenters. The molecule has 0 spiro atoms. The van der Waals surface area contributed by atoms with Gasteiger partial charge in [0.05, 0.1) is 33.5 Å². The van der Waals surface area contributed by atoms with Crippen molar-refractivity contribution in [1.82, 2.24) is 4.98 Å². The molecule has 186 valence electrons. The van der Waals surface area contributed by atoms with Crippen LogP contribution in [0.15, 0.2) is 77.2 Å². The number of ketones is 1. The summed E-state index contributed by atoms with van der Waals surface area (Å²) in [4.78, 5) is 45.5. The van der Waals surface area contributed by atoms with Crippen molar-refractivity contribution in [3.63, 3.8) is 0 Å². The summed E-state index contributed by atoms with van der Waals surface area (Å²) in [5.74, 6) is 0.203. The second kappa shape index (κ2) is 8.22. The first-order valence-corrected chi connectivity index (χ1v) is 14.7. The standard InChI is InChI=1S/C31H22N2O3S2/c34-25(18-6-5-17-11-16-3-1-2-4-22(16)23(17)13-18)15-37-31-32-24-10-9-21(14-26(24)38-31)33-29(35)27-19-7-8-20(12-19)28(27)30(33)36/h1-10,13-14,19-20,27-28H,11-12,15H2/t19-,20-,27-,28+/m0/s1. The Bertz CT molecular complexity index is 1710. The summed E-state index contributed by atoms with van der Waals surface area (Å²) in [5, 5.41) is 0. The van der Waals surface area contributed by atoms with Crippen molar-refractivity contribution in [3.05, 3.63) is 89.5 Å². The Morgan fingerprint density at radius 3 is 2.50 bits per heavy atom. The van der Waals surface area contributed by atoms with Gasteiger partial charge in [-0.25, -0.2) is 9.88 Å². The number of fused-ring (bicyclic) bond motifs is 9. The van der Waals surface area contributed by atoms with Crippen molar-refractivity contribution in [3.8, 4) is 11.1 Å². The maximum atomic E-state index is 13.2. The lowest BCUT2D eigenvalue weighted by Gasteiger charge is -2.17. The number of carbonyl (C=O) groups excluding carboxylic acids is 3. The van der Waals surface area contributed by atoms with Crippen molar-refractivity contribution < 1.29 is 14.4 Å². The third-order valence-electron chi connectivity index (χ3n) is 8.53. The molecule has 1 aliphatic heterocycles. The molecule has 0 radical (unpaired) electrons. The molecule has 4 aliphatic rings. The number of carbonyl (C=O) groups is 3. The van der Waals surface area contributed by atoms with E-state index in [1.807, 2.05) is 36.4 Å². The highest BCUT2D eigenvalue weighted by atomic mass is 32.2. The van der Waals surface area contributed by atoms with E-state index in [0.29, 0.717) is 11.4 Å². The molecule has 2 heterocycles. The van der Waals surface area contributed by atoms with Gasteiger partial charge in [-0.15, -0.1) is 11.3 Å². The molecule has 2 bridgehead atoms. The van der Waals surface area contributed by atoms with Gasteiger partial charge < -0.3 is 0 Å². The average Bonchev–Trinajstić information content (AvgIpc) is 3.74. The van der Waals surface area contributed by atoms with Crippen LogP contribution in [0.4, 0.5) is 5.69 Å².